The van der Waals surface area contributed by atoms with Crippen LogP contribution in [0.25, 0.3) is 5.69 Å². The van der Waals surface area contributed by atoms with E-state index >= 15 is 0 Å². The Labute approximate surface area is 97.9 Å². The minimum atomic E-state index is -1.33. The van der Waals surface area contributed by atoms with Crippen LogP contribution in [0.4, 0.5) is 5.69 Å². The fourth-order valence-corrected chi connectivity index (χ4v) is 1.77. The van der Waals surface area contributed by atoms with Crippen molar-refractivity contribution in [2.75, 3.05) is 6.26 Å². The molecule has 0 radical (unpaired) electrons. The number of aromatic nitrogens is 4. The second kappa shape index (κ2) is 4.37. The topological polar surface area (TPSA) is 104 Å². The number of non-ortho nitro benzene ring substituents is 1. The standard InChI is InChI=1S/C8H7N5O3S/c1-17(16)8-9-10-11-12(8)6-2-4-7(5-3-6)13(14)15/h2-5H,1H3. The van der Waals surface area contributed by atoms with E-state index in [2.05, 4.69) is 15.5 Å². The number of hydrogen-bond acceptors (Lipinski definition) is 6. The highest BCUT2D eigenvalue weighted by Crippen LogP contribution is 2.15. The molecule has 0 N–H and O–H groups in total. The highest BCUT2D eigenvalue weighted by molar-refractivity contribution is 7.84. The first-order valence-corrected chi connectivity index (χ1v) is 6.02. The Morgan fingerprint density at radius 1 is 1.35 bits per heavy atom. The second-order valence-electron chi connectivity index (χ2n) is 3.10. The smallest absolute Gasteiger partial charge is 0.258 e. The second-order valence-corrected chi connectivity index (χ2v) is 4.37. The van der Waals surface area contributed by atoms with Crippen LogP contribution in [0, 0.1) is 10.1 Å². The lowest BCUT2D eigenvalue weighted by Gasteiger charge is -2.01. The number of nitrogens with zero attached hydrogens (tertiary/aromatic N) is 5. The van der Waals surface area contributed by atoms with E-state index in [0.29, 0.717) is 5.69 Å². The number of nitro benzene ring substituents is 1. The zero-order chi connectivity index (χ0) is 12.4. The summed E-state index contributed by atoms with van der Waals surface area (Å²) in [7, 11) is -1.33. The third-order valence-electron chi connectivity index (χ3n) is 2.00. The van der Waals surface area contributed by atoms with Crippen molar-refractivity contribution in [1.29, 1.82) is 0 Å². The van der Waals surface area contributed by atoms with Gasteiger partial charge in [-0.15, -0.1) is 0 Å². The lowest BCUT2D eigenvalue weighted by atomic mass is 10.3. The van der Waals surface area contributed by atoms with Crippen molar-refractivity contribution < 1.29 is 9.13 Å². The first-order valence-electron chi connectivity index (χ1n) is 4.46. The molecule has 2 rings (SSSR count). The van der Waals surface area contributed by atoms with Crippen LogP contribution in [0.15, 0.2) is 29.4 Å². The molecular formula is C8H7N5O3S. The molecule has 9 heteroatoms. The van der Waals surface area contributed by atoms with Crippen LogP contribution in [-0.4, -0.2) is 35.6 Å². The van der Waals surface area contributed by atoms with Gasteiger partial charge in [-0.05, 0) is 22.6 Å². The van der Waals surface area contributed by atoms with Crippen LogP contribution in [0.5, 0.6) is 0 Å². The lowest BCUT2D eigenvalue weighted by Crippen LogP contribution is -2.04. The maximum absolute atomic E-state index is 11.3. The van der Waals surface area contributed by atoms with Crippen molar-refractivity contribution in [2.45, 2.75) is 5.16 Å². The molecule has 0 spiro atoms. The molecule has 0 fully saturated rings. The molecule has 1 aromatic carbocycles. The van der Waals surface area contributed by atoms with Crippen molar-refractivity contribution in [3.63, 3.8) is 0 Å². The monoisotopic (exact) mass is 253 g/mol. The van der Waals surface area contributed by atoms with Gasteiger partial charge in [-0.2, -0.15) is 4.68 Å². The zero-order valence-electron chi connectivity index (χ0n) is 8.68. The van der Waals surface area contributed by atoms with E-state index in [1.807, 2.05) is 0 Å². The van der Waals surface area contributed by atoms with Gasteiger partial charge < -0.3 is 0 Å². The summed E-state index contributed by atoms with van der Waals surface area (Å²) in [5.41, 5.74) is 0.492. The third kappa shape index (κ3) is 2.18. The zero-order valence-corrected chi connectivity index (χ0v) is 9.49. The van der Waals surface area contributed by atoms with Crippen LogP contribution >= 0.6 is 0 Å². The van der Waals surface area contributed by atoms with Crippen LogP contribution < -0.4 is 0 Å². The van der Waals surface area contributed by atoms with Gasteiger partial charge in [0.05, 0.1) is 21.4 Å². The number of rotatable bonds is 3. The molecule has 0 saturated heterocycles. The van der Waals surface area contributed by atoms with Crippen molar-refractivity contribution >= 4 is 16.5 Å². The summed E-state index contributed by atoms with van der Waals surface area (Å²) in [6.07, 6.45) is 1.45. The number of benzene rings is 1. The lowest BCUT2D eigenvalue weighted by molar-refractivity contribution is -0.384. The molecule has 88 valence electrons. The molecule has 1 heterocycles. The van der Waals surface area contributed by atoms with Crippen molar-refractivity contribution in [3.8, 4) is 5.69 Å². The van der Waals surface area contributed by atoms with Crippen LogP contribution in [0.1, 0.15) is 0 Å². The molecule has 0 aliphatic heterocycles. The summed E-state index contributed by atoms with van der Waals surface area (Å²) >= 11 is 0. The Balaban J connectivity index is 2.43. The molecule has 8 nitrogen and oxygen atoms in total. The normalized spacial score (nSPS) is 12.3. The maximum Gasteiger partial charge on any atom is 0.269 e. The predicted octanol–water partition coefficient (Wildman–Crippen LogP) is 0.308. The fraction of sp³-hybridized carbons (Fsp3) is 0.125. The first kappa shape index (κ1) is 11.3. The van der Waals surface area contributed by atoms with E-state index in [1.165, 1.54) is 35.2 Å². The van der Waals surface area contributed by atoms with Gasteiger partial charge in [-0.1, -0.05) is 5.10 Å². The van der Waals surface area contributed by atoms with Gasteiger partial charge in [0.2, 0.25) is 5.16 Å². The van der Waals surface area contributed by atoms with E-state index in [4.69, 9.17) is 0 Å². The maximum atomic E-state index is 11.3. The van der Waals surface area contributed by atoms with Crippen LogP contribution in [0.3, 0.4) is 0 Å². The average molecular weight is 253 g/mol. The fourth-order valence-electron chi connectivity index (χ4n) is 1.24. The highest BCUT2D eigenvalue weighted by Gasteiger charge is 2.12. The van der Waals surface area contributed by atoms with E-state index in [9.17, 15) is 14.3 Å². The summed E-state index contributed by atoms with van der Waals surface area (Å²) in [6.45, 7) is 0. The number of nitro groups is 1. The van der Waals surface area contributed by atoms with E-state index in [-0.39, 0.29) is 10.8 Å². The van der Waals surface area contributed by atoms with Gasteiger partial charge in [0.15, 0.2) is 0 Å². The summed E-state index contributed by atoms with van der Waals surface area (Å²) in [5, 5.41) is 21.4. The first-order chi connectivity index (χ1) is 8.09. The van der Waals surface area contributed by atoms with Crippen LogP contribution in [0.2, 0.25) is 0 Å². The van der Waals surface area contributed by atoms with E-state index in [1.54, 1.807) is 0 Å². The minimum absolute atomic E-state index is 0.0269. The summed E-state index contributed by atoms with van der Waals surface area (Å²) in [6, 6.07) is 5.65. The molecule has 1 unspecified atom stereocenters. The van der Waals surface area contributed by atoms with Gasteiger partial charge in [-0.3, -0.25) is 14.3 Å². The van der Waals surface area contributed by atoms with Crippen molar-refractivity contribution in [3.05, 3.63) is 34.4 Å². The molecule has 0 bridgehead atoms. The van der Waals surface area contributed by atoms with Gasteiger partial charge in [0.25, 0.3) is 5.69 Å². The Kier molecular flexibility index (Phi) is 2.91. The van der Waals surface area contributed by atoms with Crippen LogP contribution in [-0.2, 0) is 10.8 Å². The van der Waals surface area contributed by atoms with E-state index < -0.39 is 15.7 Å². The molecule has 0 aliphatic rings. The van der Waals surface area contributed by atoms with E-state index in [0.717, 1.165) is 0 Å². The third-order valence-corrected chi connectivity index (χ3v) is 2.77. The van der Waals surface area contributed by atoms with Gasteiger partial charge in [0, 0.05) is 18.4 Å². The Morgan fingerprint density at radius 2 is 2.00 bits per heavy atom. The Morgan fingerprint density at radius 3 is 2.53 bits per heavy atom. The van der Waals surface area contributed by atoms with Crippen molar-refractivity contribution in [2.24, 2.45) is 0 Å². The number of hydrogen-bond donors (Lipinski definition) is 0. The summed E-state index contributed by atoms with van der Waals surface area (Å²) < 4.78 is 12.6. The Bertz CT molecular complexity index is 579. The molecule has 17 heavy (non-hydrogen) atoms. The summed E-state index contributed by atoms with van der Waals surface area (Å²) in [4.78, 5) is 9.99. The van der Waals surface area contributed by atoms with Crippen molar-refractivity contribution in [1.82, 2.24) is 20.2 Å². The SMILES string of the molecule is CS(=O)c1nnnn1-c1ccc([N+](=O)[O-])cc1. The Hall–Kier alpha value is -2.16. The highest BCUT2D eigenvalue weighted by atomic mass is 32.2. The molecule has 1 atom stereocenters. The molecule has 0 saturated carbocycles. The molecule has 1 aromatic heterocycles. The quantitative estimate of drug-likeness (QED) is 0.576. The molecule has 0 aliphatic carbocycles. The number of tetrazole rings is 1. The predicted molar refractivity (Wildman–Crippen MR) is 58.1 cm³/mol. The minimum Gasteiger partial charge on any atom is -0.258 e. The molecular weight excluding hydrogens is 246 g/mol. The molecule has 0 amide bonds. The van der Waals surface area contributed by atoms with Gasteiger partial charge in [0.1, 0.15) is 0 Å². The largest absolute Gasteiger partial charge is 0.269 e. The molecule has 2 aromatic rings. The van der Waals surface area contributed by atoms with Gasteiger partial charge in [-0.25, -0.2) is 0 Å². The average Bonchev–Trinajstić information content (AvgIpc) is 2.78. The summed E-state index contributed by atoms with van der Waals surface area (Å²) in [5.74, 6) is 0. The van der Waals surface area contributed by atoms with Gasteiger partial charge >= 0.3 is 0 Å².